The third-order valence-corrected chi connectivity index (χ3v) is 6.82. The Morgan fingerprint density at radius 3 is 2.71 bits per heavy atom. The number of nitrogens with one attached hydrogen (secondary N) is 1. The van der Waals surface area contributed by atoms with E-state index in [2.05, 4.69) is 39.3 Å². The minimum absolute atomic E-state index is 0.0664. The molecule has 3 aliphatic heterocycles. The summed E-state index contributed by atoms with van der Waals surface area (Å²) in [6.45, 7) is 5.81. The van der Waals surface area contributed by atoms with E-state index < -0.39 is 0 Å². The van der Waals surface area contributed by atoms with Gasteiger partial charge in [-0.15, -0.1) is 0 Å². The SMILES string of the molecule is CCCc1cnc(N2CCC([C@@H]3Cc4cc(C5=CCNCC5)cc(F)c4O3)CC2)nc1. The Morgan fingerprint density at radius 1 is 1.19 bits per heavy atom. The molecule has 3 aliphatic rings. The predicted molar refractivity (Wildman–Crippen MR) is 121 cm³/mol. The van der Waals surface area contributed by atoms with E-state index in [1.807, 2.05) is 12.4 Å². The Hall–Kier alpha value is -2.47. The van der Waals surface area contributed by atoms with Crippen LogP contribution in [0.2, 0.25) is 0 Å². The van der Waals surface area contributed by atoms with E-state index in [9.17, 15) is 4.39 Å². The number of rotatable bonds is 5. The highest BCUT2D eigenvalue weighted by atomic mass is 19.1. The molecule has 4 heterocycles. The number of hydrogen-bond acceptors (Lipinski definition) is 5. The first kappa shape index (κ1) is 20.4. The van der Waals surface area contributed by atoms with Gasteiger partial charge in [0.1, 0.15) is 6.10 Å². The molecule has 1 N–H and O–H groups in total. The smallest absolute Gasteiger partial charge is 0.225 e. The van der Waals surface area contributed by atoms with Crippen molar-refractivity contribution in [2.75, 3.05) is 31.1 Å². The van der Waals surface area contributed by atoms with Crippen LogP contribution in [0.3, 0.4) is 0 Å². The molecule has 5 rings (SSSR count). The molecule has 1 aromatic heterocycles. The number of aromatic nitrogens is 2. The first-order chi connectivity index (χ1) is 15.2. The molecule has 31 heavy (non-hydrogen) atoms. The fourth-order valence-corrected chi connectivity index (χ4v) is 5.08. The van der Waals surface area contributed by atoms with Gasteiger partial charge in [0.05, 0.1) is 0 Å². The van der Waals surface area contributed by atoms with Crippen molar-refractivity contribution in [3.05, 3.63) is 53.1 Å². The zero-order chi connectivity index (χ0) is 21.2. The standard InChI is InChI=1S/C25H31FN4O/c1-2-3-17-15-28-25(29-16-17)30-10-6-19(7-11-30)23-14-21-12-20(13-22(26)24(21)31-23)18-4-8-27-9-5-18/h4,12-13,15-16,19,23,27H,2-3,5-11,14H2,1H3/t23-/m0/s1. The van der Waals surface area contributed by atoms with Crippen molar-refractivity contribution in [2.24, 2.45) is 5.92 Å². The first-order valence-corrected chi connectivity index (χ1v) is 11.7. The maximum absolute atomic E-state index is 14.8. The number of piperidine rings is 1. The highest BCUT2D eigenvalue weighted by Crippen LogP contribution is 2.39. The molecule has 0 spiro atoms. The number of nitrogens with zero attached hydrogens (tertiary/aromatic N) is 3. The topological polar surface area (TPSA) is 50.3 Å². The van der Waals surface area contributed by atoms with Crippen molar-refractivity contribution in [2.45, 2.75) is 51.6 Å². The fraction of sp³-hybridized carbons (Fsp3) is 0.520. The van der Waals surface area contributed by atoms with E-state index >= 15 is 0 Å². The largest absolute Gasteiger partial charge is 0.486 e. The van der Waals surface area contributed by atoms with E-state index in [4.69, 9.17) is 4.74 Å². The number of halogens is 1. The Labute approximate surface area is 183 Å². The van der Waals surface area contributed by atoms with Gasteiger partial charge < -0.3 is 15.0 Å². The molecule has 6 heteroatoms. The average Bonchev–Trinajstić information content (AvgIpc) is 3.26. The van der Waals surface area contributed by atoms with Gasteiger partial charge in [-0.2, -0.15) is 0 Å². The normalized spacial score (nSPS) is 21.5. The second-order valence-corrected chi connectivity index (χ2v) is 8.96. The second-order valence-electron chi connectivity index (χ2n) is 8.96. The highest BCUT2D eigenvalue weighted by molar-refractivity contribution is 5.68. The van der Waals surface area contributed by atoms with Crippen molar-refractivity contribution in [1.82, 2.24) is 15.3 Å². The number of ether oxygens (including phenoxy) is 1. The molecule has 0 aliphatic carbocycles. The van der Waals surface area contributed by atoms with Crippen molar-refractivity contribution < 1.29 is 9.13 Å². The number of anilines is 1. The molecule has 1 saturated heterocycles. The Kier molecular flexibility index (Phi) is 5.90. The molecule has 164 valence electrons. The fourth-order valence-electron chi connectivity index (χ4n) is 5.08. The first-order valence-electron chi connectivity index (χ1n) is 11.7. The summed E-state index contributed by atoms with van der Waals surface area (Å²) in [5, 5.41) is 3.32. The van der Waals surface area contributed by atoms with Crippen LogP contribution in [0.15, 0.2) is 30.6 Å². The van der Waals surface area contributed by atoms with Crippen LogP contribution in [0.4, 0.5) is 10.3 Å². The molecular formula is C25H31FN4O. The van der Waals surface area contributed by atoms with Gasteiger partial charge in [0.15, 0.2) is 11.6 Å². The van der Waals surface area contributed by atoms with Crippen molar-refractivity contribution >= 4 is 11.5 Å². The van der Waals surface area contributed by atoms with Crippen LogP contribution in [0.25, 0.3) is 5.57 Å². The number of aryl methyl sites for hydroxylation is 1. The van der Waals surface area contributed by atoms with Gasteiger partial charge in [0.25, 0.3) is 0 Å². The van der Waals surface area contributed by atoms with Crippen LogP contribution in [-0.2, 0) is 12.8 Å². The highest BCUT2D eigenvalue weighted by Gasteiger charge is 2.35. The van der Waals surface area contributed by atoms with Gasteiger partial charge in [-0.05, 0) is 67.0 Å². The number of benzene rings is 1. The predicted octanol–water partition coefficient (Wildman–Crippen LogP) is 4.17. The van der Waals surface area contributed by atoms with Gasteiger partial charge in [0.2, 0.25) is 5.95 Å². The van der Waals surface area contributed by atoms with E-state index in [1.54, 1.807) is 6.07 Å². The lowest BCUT2D eigenvalue weighted by Crippen LogP contribution is -2.40. The maximum Gasteiger partial charge on any atom is 0.225 e. The monoisotopic (exact) mass is 422 g/mol. The summed E-state index contributed by atoms with van der Waals surface area (Å²) in [5.74, 6) is 1.51. The summed E-state index contributed by atoms with van der Waals surface area (Å²) < 4.78 is 21.0. The molecule has 0 amide bonds. The molecule has 5 nitrogen and oxygen atoms in total. The molecule has 1 fully saturated rings. The van der Waals surface area contributed by atoms with E-state index in [0.29, 0.717) is 11.7 Å². The lowest BCUT2D eigenvalue weighted by molar-refractivity contribution is 0.134. The molecule has 0 unspecified atom stereocenters. The minimum atomic E-state index is -0.215. The minimum Gasteiger partial charge on any atom is -0.486 e. The molecule has 0 saturated carbocycles. The summed E-state index contributed by atoms with van der Waals surface area (Å²) in [4.78, 5) is 11.4. The maximum atomic E-state index is 14.8. The van der Waals surface area contributed by atoms with Crippen LogP contribution < -0.4 is 15.0 Å². The lowest BCUT2D eigenvalue weighted by atomic mass is 9.88. The lowest BCUT2D eigenvalue weighted by Gasteiger charge is -2.34. The second kappa shape index (κ2) is 8.95. The third-order valence-electron chi connectivity index (χ3n) is 6.82. The summed E-state index contributed by atoms with van der Waals surface area (Å²) in [5.41, 5.74) is 4.47. The van der Waals surface area contributed by atoms with Gasteiger partial charge in [-0.25, -0.2) is 14.4 Å². The van der Waals surface area contributed by atoms with Crippen LogP contribution in [0.5, 0.6) is 5.75 Å². The molecule has 1 aromatic carbocycles. The summed E-state index contributed by atoms with van der Waals surface area (Å²) in [7, 11) is 0. The zero-order valence-electron chi connectivity index (χ0n) is 18.2. The Bertz CT molecular complexity index is 951. The Balaban J connectivity index is 1.22. The van der Waals surface area contributed by atoms with Gasteiger partial charge >= 0.3 is 0 Å². The van der Waals surface area contributed by atoms with Crippen molar-refractivity contribution in [1.29, 1.82) is 0 Å². The average molecular weight is 423 g/mol. The van der Waals surface area contributed by atoms with Crippen LogP contribution in [0.1, 0.15) is 49.3 Å². The van der Waals surface area contributed by atoms with Crippen molar-refractivity contribution in [3.63, 3.8) is 0 Å². The van der Waals surface area contributed by atoms with Crippen LogP contribution >= 0.6 is 0 Å². The molecule has 0 radical (unpaired) electrons. The Morgan fingerprint density at radius 2 is 2.00 bits per heavy atom. The van der Waals surface area contributed by atoms with E-state index in [1.165, 1.54) is 11.1 Å². The van der Waals surface area contributed by atoms with E-state index in [0.717, 1.165) is 81.8 Å². The quantitative estimate of drug-likeness (QED) is 0.784. The molecule has 0 bridgehead atoms. The van der Waals surface area contributed by atoms with Crippen molar-refractivity contribution in [3.8, 4) is 5.75 Å². The van der Waals surface area contributed by atoms with E-state index in [-0.39, 0.29) is 11.9 Å². The van der Waals surface area contributed by atoms with Gasteiger partial charge in [-0.1, -0.05) is 19.4 Å². The van der Waals surface area contributed by atoms with Gasteiger partial charge in [0, 0.05) is 44.0 Å². The van der Waals surface area contributed by atoms with Crippen LogP contribution in [0, 0.1) is 11.7 Å². The van der Waals surface area contributed by atoms with Crippen LogP contribution in [-0.4, -0.2) is 42.3 Å². The zero-order valence-corrected chi connectivity index (χ0v) is 18.2. The molecular weight excluding hydrogens is 391 g/mol. The summed E-state index contributed by atoms with van der Waals surface area (Å²) >= 11 is 0. The summed E-state index contributed by atoms with van der Waals surface area (Å²) in [6, 6.07) is 3.80. The third kappa shape index (κ3) is 4.31. The molecule has 2 aromatic rings. The number of fused-ring (bicyclic) bond motifs is 1. The van der Waals surface area contributed by atoms with Gasteiger partial charge in [-0.3, -0.25) is 0 Å². The summed E-state index contributed by atoms with van der Waals surface area (Å²) in [6.07, 6.45) is 12.1. The number of hydrogen-bond donors (Lipinski definition) is 1. The molecule has 1 atom stereocenters.